The molecule has 2 aromatic carbocycles. The summed E-state index contributed by atoms with van der Waals surface area (Å²) in [6, 6.07) is 14.1. The smallest absolute Gasteiger partial charge is 0.103 e. The highest BCUT2D eigenvalue weighted by molar-refractivity contribution is 9.10. The topological polar surface area (TPSA) is 38.0 Å². The summed E-state index contributed by atoms with van der Waals surface area (Å²) in [6.07, 6.45) is 0.979. The van der Waals surface area contributed by atoms with Crippen molar-refractivity contribution in [3.8, 4) is 0 Å². The SMILES string of the molecule is CCc1cc(Br)ccc1Nc1ccc(C(N)=S)cc1. The summed E-state index contributed by atoms with van der Waals surface area (Å²) < 4.78 is 1.10. The molecule has 0 saturated carbocycles. The van der Waals surface area contributed by atoms with Crippen LogP contribution in [0, 0.1) is 0 Å². The van der Waals surface area contributed by atoms with Gasteiger partial charge in [0.1, 0.15) is 4.99 Å². The predicted octanol–water partition coefficient (Wildman–Crippen LogP) is 4.39. The number of aryl methyl sites for hydroxylation is 1. The van der Waals surface area contributed by atoms with Crippen molar-refractivity contribution < 1.29 is 0 Å². The molecule has 0 spiro atoms. The number of rotatable bonds is 4. The van der Waals surface area contributed by atoms with Crippen LogP contribution < -0.4 is 11.1 Å². The number of hydrogen-bond acceptors (Lipinski definition) is 2. The van der Waals surface area contributed by atoms with E-state index in [4.69, 9.17) is 18.0 Å². The van der Waals surface area contributed by atoms with Crippen LogP contribution in [-0.2, 0) is 6.42 Å². The maximum Gasteiger partial charge on any atom is 0.103 e. The normalized spacial score (nSPS) is 10.2. The van der Waals surface area contributed by atoms with Crippen molar-refractivity contribution in [3.05, 3.63) is 58.1 Å². The second kappa shape index (κ2) is 6.17. The lowest BCUT2D eigenvalue weighted by Gasteiger charge is -2.12. The monoisotopic (exact) mass is 334 g/mol. The molecule has 0 bridgehead atoms. The van der Waals surface area contributed by atoms with E-state index >= 15 is 0 Å². The van der Waals surface area contributed by atoms with E-state index in [1.807, 2.05) is 30.3 Å². The van der Waals surface area contributed by atoms with Crippen LogP contribution in [0.25, 0.3) is 0 Å². The molecular weight excluding hydrogens is 320 g/mol. The van der Waals surface area contributed by atoms with Crippen LogP contribution in [-0.4, -0.2) is 4.99 Å². The molecule has 2 nitrogen and oxygen atoms in total. The largest absolute Gasteiger partial charge is 0.389 e. The molecule has 0 saturated heterocycles. The number of thiocarbonyl (C=S) groups is 1. The molecule has 0 aromatic heterocycles. The molecule has 0 heterocycles. The van der Waals surface area contributed by atoms with Crippen LogP contribution in [0.5, 0.6) is 0 Å². The quantitative estimate of drug-likeness (QED) is 0.814. The van der Waals surface area contributed by atoms with Crippen molar-refractivity contribution in [3.63, 3.8) is 0 Å². The van der Waals surface area contributed by atoms with E-state index in [0.717, 1.165) is 27.8 Å². The van der Waals surface area contributed by atoms with Crippen LogP contribution in [0.1, 0.15) is 18.1 Å². The fraction of sp³-hybridized carbons (Fsp3) is 0.133. The summed E-state index contributed by atoms with van der Waals surface area (Å²) in [6.45, 7) is 2.14. The van der Waals surface area contributed by atoms with Crippen LogP contribution in [0.3, 0.4) is 0 Å². The van der Waals surface area contributed by atoms with Gasteiger partial charge in [0, 0.05) is 21.4 Å². The van der Waals surface area contributed by atoms with Crippen LogP contribution in [0.4, 0.5) is 11.4 Å². The molecule has 0 aliphatic rings. The highest BCUT2D eigenvalue weighted by atomic mass is 79.9. The van der Waals surface area contributed by atoms with Gasteiger partial charge in [-0.2, -0.15) is 0 Å². The van der Waals surface area contributed by atoms with Gasteiger partial charge in [-0.05, 0) is 54.4 Å². The summed E-state index contributed by atoms with van der Waals surface area (Å²) >= 11 is 8.43. The molecular formula is C15H15BrN2S. The maximum atomic E-state index is 5.58. The number of nitrogens with one attached hydrogen (secondary N) is 1. The number of halogens is 1. The Morgan fingerprint density at radius 2 is 1.89 bits per heavy atom. The molecule has 19 heavy (non-hydrogen) atoms. The van der Waals surface area contributed by atoms with E-state index in [9.17, 15) is 0 Å². The minimum atomic E-state index is 0.421. The minimum absolute atomic E-state index is 0.421. The molecule has 3 N–H and O–H groups in total. The van der Waals surface area contributed by atoms with Gasteiger partial charge in [0.25, 0.3) is 0 Å². The third-order valence-electron chi connectivity index (χ3n) is 2.90. The highest BCUT2D eigenvalue weighted by Crippen LogP contribution is 2.25. The Bertz CT molecular complexity index is 594. The van der Waals surface area contributed by atoms with Crippen molar-refractivity contribution in [2.75, 3.05) is 5.32 Å². The second-order valence-electron chi connectivity index (χ2n) is 4.22. The van der Waals surface area contributed by atoms with Crippen LogP contribution in [0.15, 0.2) is 46.9 Å². The Balaban J connectivity index is 2.23. The first-order valence-corrected chi connectivity index (χ1v) is 7.25. The van der Waals surface area contributed by atoms with Crippen molar-refractivity contribution in [1.29, 1.82) is 0 Å². The maximum absolute atomic E-state index is 5.58. The van der Waals surface area contributed by atoms with Crippen LogP contribution in [0.2, 0.25) is 0 Å². The van der Waals surface area contributed by atoms with E-state index in [-0.39, 0.29) is 0 Å². The van der Waals surface area contributed by atoms with Crippen LogP contribution >= 0.6 is 28.1 Å². The molecule has 2 aromatic rings. The van der Waals surface area contributed by atoms with Crippen molar-refractivity contribution in [2.24, 2.45) is 5.73 Å². The summed E-state index contributed by atoms with van der Waals surface area (Å²) in [4.78, 5) is 0.421. The molecule has 0 aliphatic heterocycles. The minimum Gasteiger partial charge on any atom is -0.389 e. The Morgan fingerprint density at radius 3 is 2.47 bits per heavy atom. The van der Waals surface area contributed by atoms with Gasteiger partial charge in [0.15, 0.2) is 0 Å². The first kappa shape index (κ1) is 14.0. The Morgan fingerprint density at radius 1 is 1.21 bits per heavy atom. The van der Waals surface area contributed by atoms with Gasteiger partial charge in [0.05, 0.1) is 0 Å². The van der Waals surface area contributed by atoms with Gasteiger partial charge >= 0.3 is 0 Å². The Labute approximate surface area is 127 Å². The summed E-state index contributed by atoms with van der Waals surface area (Å²) in [5.41, 5.74) is 9.88. The third-order valence-corrected chi connectivity index (χ3v) is 3.63. The van der Waals surface area contributed by atoms with Crippen molar-refractivity contribution in [1.82, 2.24) is 0 Å². The number of nitrogens with two attached hydrogens (primary N) is 1. The lowest BCUT2D eigenvalue weighted by Crippen LogP contribution is -2.08. The van der Waals surface area contributed by atoms with Gasteiger partial charge in [-0.25, -0.2) is 0 Å². The number of anilines is 2. The molecule has 2 rings (SSSR count). The van der Waals surface area contributed by atoms with E-state index in [1.54, 1.807) is 0 Å². The average Bonchev–Trinajstić information content (AvgIpc) is 2.41. The van der Waals surface area contributed by atoms with E-state index in [0.29, 0.717) is 4.99 Å². The first-order valence-electron chi connectivity index (χ1n) is 6.05. The van der Waals surface area contributed by atoms with Gasteiger partial charge in [-0.1, -0.05) is 35.1 Å². The van der Waals surface area contributed by atoms with Gasteiger partial charge in [-0.3, -0.25) is 0 Å². The fourth-order valence-electron chi connectivity index (χ4n) is 1.85. The zero-order valence-electron chi connectivity index (χ0n) is 10.6. The molecule has 4 heteroatoms. The Hall–Kier alpha value is -1.39. The standard InChI is InChI=1S/C15H15BrN2S/c1-2-10-9-12(16)5-8-14(10)18-13-6-3-11(4-7-13)15(17)19/h3-9,18H,2H2,1H3,(H2,17,19). The molecule has 98 valence electrons. The molecule has 0 radical (unpaired) electrons. The molecule has 0 fully saturated rings. The Kier molecular flexibility index (Phi) is 4.56. The predicted molar refractivity (Wildman–Crippen MR) is 89.1 cm³/mol. The lowest BCUT2D eigenvalue weighted by atomic mass is 10.1. The molecule has 0 aliphatic carbocycles. The first-order chi connectivity index (χ1) is 9.10. The molecule has 0 amide bonds. The third kappa shape index (κ3) is 3.55. The number of benzene rings is 2. The fourth-order valence-corrected chi connectivity index (χ4v) is 2.39. The van der Waals surface area contributed by atoms with E-state index < -0.39 is 0 Å². The lowest BCUT2D eigenvalue weighted by molar-refractivity contribution is 1.14. The zero-order chi connectivity index (χ0) is 13.8. The number of hydrogen-bond donors (Lipinski definition) is 2. The summed E-state index contributed by atoms with van der Waals surface area (Å²) in [5, 5.41) is 3.41. The average molecular weight is 335 g/mol. The van der Waals surface area contributed by atoms with Gasteiger partial charge < -0.3 is 11.1 Å². The van der Waals surface area contributed by atoms with Gasteiger partial charge in [0.2, 0.25) is 0 Å². The summed E-state index contributed by atoms with van der Waals surface area (Å²) in [5.74, 6) is 0. The highest BCUT2D eigenvalue weighted by Gasteiger charge is 2.03. The van der Waals surface area contributed by atoms with Crippen molar-refractivity contribution in [2.45, 2.75) is 13.3 Å². The van der Waals surface area contributed by atoms with E-state index in [2.05, 4.69) is 40.3 Å². The van der Waals surface area contributed by atoms with Gasteiger partial charge in [-0.15, -0.1) is 0 Å². The van der Waals surface area contributed by atoms with E-state index in [1.165, 1.54) is 5.56 Å². The molecule has 0 unspecified atom stereocenters. The summed E-state index contributed by atoms with van der Waals surface area (Å²) in [7, 11) is 0. The van der Waals surface area contributed by atoms with Crippen molar-refractivity contribution >= 4 is 44.5 Å². The molecule has 0 atom stereocenters. The second-order valence-corrected chi connectivity index (χ2v) is 5.58. The zero-order valence-corrected chi connectivity index (χ0v) is 13.0.